The molecule has 3 heterocycles. The maximum Gasteiger partial charge on any atom is 0.312 e. The topological polar surface area (TPSA) is 64.0 Å². The molecule has 0 N–H and O–H groups in total. The van der Waals surface area contributed by atoms with E-state index in [9.17, 15) is 9.59 Å². The average molecular weight is 414 g/mol. The molecule has 30 heavy (non-hydrogen) atoms. The number of piperidine rings is 1. The number of ether oxygens (including phenoxy) is 2. The largest absolute Gasteiger partial charge is 0.497 e. The summed E-state index contributed by atoms with van der Waals surface area (Å²) in [5.41, 5.74) is 2.24. The third kappa shape index (κ3) is 3.35. The summed E-state index contributed by atoms with van der Waals surface area (Å²) in [6, 6.07) is 5.83. The molecule has 162 valence electrons. The summed E-state index contributed by atoms with van der Waals surface area (Å²) in [7, 11) is 7.58. The molecule has 2 saturated heterocycles. The number of benzene rings is 1. The van der Waals surface area contributed by atoms with Crippen LogP contribution < -0.4 is 4.74 Å². The summed E-state index contributed by atoms with van der Waals surface area (Å²) in [6.07, 6.45) is 2.02. The molecule has 0 aliphatic carbocycles. The van der Waals surface area contributed by atoms with Crippen LogP contribution in [0.2, 0.25) is 0 Å². The van der Waals surface area contributed by atoms with Crippen molar-refractivity contribution < 1.29 is 19.1 Å². The molecule has 1 unspecified atom stereocenters. The van der Waals surface area contributed by atoms with Crippen LogP contribution in [-0.4, -0.2) is 73.2 Å². The Morgan fingerprint density at radius 1 is 1.30 bits per heavy atom. The van der Waals surface area contributed by atoms with Crippen molar-refractivity contribution in [3.05, 3.63) is 29.5 Å². The number of hydrogen-bond donors (Lipinski definition) is 0. The fourth-order valence-electron chi connectivity index (χ4n) is 5.00. The number of hydrogen-bond acceptors (Lipinski definition) is 5. The predicted octanol–water partition coefficient (Wildman–Crippen LogP) is 2.59. The zero-order valence-electron chi connectivity index (χ0n) is 18.5. The van der Waals surface area contributed by atoms with E-state index >= 15 is 0 Å². The molecule has 1 aromatic carbocycles. The predicted molar refractivity (Wildman–Crippen MR) is 115 cm³/mol. The highest BCUT2D eigenvalue weighted by Crippen LogP contribution is 2.43. The van der Waals surface area contributed by atoms with Crippen LogP contribution in [0.25, 0.3) is 10.9 Å². The van der Waals surface area contributed by atoms with Gasteiger partial charge in [0.25, 0.3) is 5.91 Å². The van der Waals surface area contributed by atoms with Gasteiger partial charge in [0.05, 0.1) is 18.1 Å². The van der Waals surface area contributed by atoms with E-state index < -0.39 is 5.41 Å². The molecule has 2 aliphatic heterocycles. The molecule has 1 atom stereocenters. The van der Waals surface area contributed by atoms with E-state index in [1.165, 1.54) is 0 Å². The zero-order valence-corrected chi connectivity index (χ0v) is 18.5. The van der Waals surface area contributed by atoms with Crippen molar-refractivity contribution in [2.75, 3.05) is 40.8 Å². The standard InChI is InChI=1S/C23H31N3O4/c1-15-20(18-12-16(29-5)6-7-19(18)25(15)4)21(27)26-10-8-23(9-11-26)13-17(14-24(2)3)30-22(23)28/h6-7,12,17H,8-11,13-14H2,1-5H3. The molecule has 0 saturated carbocycles. The van der Waals surface area contributed by atoms with Gasteiger partial charge in [-0.05, 0) is 52.1 Å². The van der Waals surface area contributed by atoms with Crippen LogP contribution in [-0.2, 0) is 16.6 Å². The van der Waals surface area contributed by atoms with Crippen LogP contribution in [0.1, 0.15) is 35.3 Å². The van der Waals surface area contributed by atoms with Gasteiger partial charge in [0.1, 0.15) is 11.9 Å². The smallest absolute Gasteiger partial charge is 0.312 e. The number of likely N-dealkylation sites (tertiary alicyclic amines) is 1. The molecule has 2 aromatic rings. The SMILES string of the molecule is COc1ccc2c(c1)c(C(=O)N1CCC3(CC1)CC(CN(C)C)OC3=O)c(C)n2C. The highest BCUT2D eigenvalue weighted by Gasteiger charge is 2.51. The minimum absolute atomic E-state index is 0.0254. The second-order valence-electron chi connectivity index (χ2n) is 8.97. The normalized spacial score (nSPS) is 20.9. The summed E-state index contributed by atoms with van der Waals surface area (Å²) in [5, 5.41) is 0.908. The first-order valence-electron chi connectivity index (χ1n) is 10.5. The highest BCUT2D eigenvalue weighted by atomic mass is 16.6. The number of likely N-dealkylation sites (N-methyl/N-ethyl adjacent to an activating group) is 1. The summed E-state index contributed by atoms with van der Waals surface area (Å²) >= 11 is 0. The van der Waals surface area contributed by atoms with Gasteiger partial charge < -0.3 is 23.8 Å². The summed E-state index contributed by atoms with van der Waals surface area (Å²) in [6.45, 7) is 3.86. The van der Waals surface area contributed by atoms with E-state index in [0.29, 0.717) is 25.9 Å². The van der Waals surface area contributed by atoms with Crippen molar-refractivity contribution in [1.82, 2.24) is 14.4 Å². The Kier molecular flexibility index (Phi) is 5.26. The molecule has 7 heteroatoms. The number of cyclic esters (lactones) is 1. The number of methoxy groups -OCH3 is 1. The van der Waals surface area contributed by atoms with E-state index in [0.717, 1.165) is 40.9 Å². The Bertz CT molecular complexity index is 986. The van der Waals surface area contributed by atoms with Crippen LogP contribution in [0.5, 0.6) is 5.75 Å². The van der Waals surface area contributed by atoms with Crippen LogP contribution in [0.4, 0.5) is 0 Å². The maximum atomic E-state index is 13.5. The van der Waals surface area contributed by atoms with Gasteiger partial charge in [-0.1, -0.05) is 0 Å². The second-order valence-corrected chi connectivity index (χ2v) is 8.97. The van der Waals surface area contributed by atoms with E-state index in [-0.39, 0.29) is 18.0 Å². The van der Waals surface area contributed by atoms with Gasteiger partial charge in [0.15, 0.2) is 0 Å². The van der Waals surface area contributed by atoms with Gasteiger partial charge in [-0.2, -0.15) is 0 Å². The van der Waals surface area contributed by atoms with Gasteiger partial charge >= 0.3 is 5.97 Å². The molecule has 0 radical (unpaired) electrons. The van der Waals surface area contributed by atoms with Gasteiger partial charge in [-0.15, -0.1) is 0 Å². The van der Waals surface area contributed by atoms with Crippen molar-refractivity contribution >= 4 is 22.8 Å². The molecule has 2 aliphatic rings. The minimum Gasteiger partial charge on any atom is -0.497 e. The number of aromatic nitrogens is 1. The lowest BCUT2D eigenvalue weighted by Crippen LogP contribution is -2.45. The van der Waals surface area contributed by atoms with Gasteiger partial charge in [-0.3, -0.25) is 9.59 Å². The molecule has 7 nitrogen and oxygen atoms in total. The number of esters is 1. The molecule has 1 spiro atoms. The number of carbonyl (C=O) groups excluding carboxylic acids is 2. The average Bonchev–Trinajstić information content (AvgIpc) is 3.14. The van der Waals surface area contributed by atoms with Crippen LogP contribution in [0, 0.1) is 12.3 Å². The fourth-order valence-corrected chi connectivity index (χ4v) is 5.00. The summed E-state index contributed by atoms with van der Waals surface area (Å²) < 4.78 is 13.1. The lowest BCUT2D eigenvalue weighted by atomic mass is 9.76. The number of carbonyl (C=O) groups is 2. The first-order chi connectivity index (χ1) is 14.3. The second kappa shape index (κ2) is 7.61. The molecule has 2 fully saturated rings. The summed E-state index contributed by atoms with van der Waals surface area (Å²) in [5.74, 6) is 0.672. The maximum absolute atomic E-state index is 13.5. The number of fused-ring (bicyclic) bond motifs is 1. The molecule has 0 bridgehead atoms. The van der Waals surface area contributed by atoms with Crippen molar-refractivity contribution in [2.24, 2.45) is 12.5 Å². The summed E-state index contributed by atoms with van der Waals surface area (Å²) in [4.78, 5) is 30.1. The Labute approximate surface area is 177 Å². The molecule has 4 rings (SSSR count). The van der Waals surface area contributed by atoms with Crippen LogP contribution in [0.15, 0.2) is 18.2 Å². The third-order valence-corrected chi connectivity index (χ3v) is 6.81. The van der Waals surface area contributed by atoms with Gasteiger partial charge in [0, 0.05) is 49.7 Å². The van der Waals surface area contributed by atoms with Crippen molar-refractivity contribution in [1.29, 1.82) is 0 Å². The van der Waals surface area contributed by atoms with Crippen molar-refractivity contribution in [2.45, 2.75) is 32.3 Å². The van der Waals surface area contributed by atoms with E-state index in [2.05, 4.69) is 0 Å². The number of rotatable bonds is 4. The van der Waals surface area contributed by atoms with Crippen molar-refractivity contribution in [3.63, 3.8) is 0 Å². The highest BCUT2D eigenvalue weighted by molar-refractivity contribution is 6.08. The lowest BCUT2D eigenvalue weighted by molar-refractivity contribution is -0.150. The first-order valence-corrected chi connectivity index (χ1v) is 10.5. The van der Waals surface area contributed by atoms with E-state index in [1.54, 1.807) is 7.11 Å². The number of nitrogens with zero attached hydrogens (tertiary/aromatic N) is 3. The number of amides is 1. The quantitative estimate of drug-likeness (QED) is 0.721. The molecule has 1 aromatic heterocycles. The minimum atomic E-state index is -0.436. The Hall–Kier alpha value is -2.54. The van der Waals surface area contributed by atoms with E-state index in [4.69, 9.17) is 9.47 Å². The molecular weight excluding hydrogens is 382 g/mol. The molecule has 1 amide bonds. The van der Waals surface area contributed by atoms with E-state index in [1.807, 2.05) is 60.6 Å². The Morgan fingerprint density at radius 3 is 2.63 bits per heavy atom. The monoisotopic (exact) mass is 413 g/mol. The van der Waals surface area contributed by atoms with Crippen molar-refractivity contribution in [3.8, 4) is 5.75 Å². The molecular formula is C23H31N3O4. The fraction of sp³-hybridized carbons (Fsp3) is 0.565. The van der Waals surface area contributed by atoms with Crippen LogP contribution in [0.3, 0.4) is 0 Å². The zero-order chi connectivity index (χ0) is 21.6. The Balaban J connectivity index is 1.54. The third-order valence-electron chi connectivity index (χ3n) is 6.81. The van der Waals surface area contributed by atoms with Gasteiger partial charge in [0.2, 0.25) is 0 Å². The lowest BCUT2D eigenvalue weighted by Gasteiger charge is -2.36. The Morgan fingerprint density at radius 2 is 2.00 bits per heavy atom. The van der Waals surface area contributed by atoms with Gasteiger partial charge in [-0.25, -0.2) is 0 Å². The van der Waals surface area contributed by atoms with Crippen LogP contribution >= 0.6 is 0 Å². The first kappa shape index (κ1) is 20.7. The number of aryl methyl sites for hydroxylation is 1.